The maximum atomic E-state index is 2.26. The predicted octanol–water partition coefficient (Wildman–Crippen LogP) is 2.33. The van der Waals surface area contributed by atoms with Gasteiger partial charge in [-0.25, -0.2) is 4.57 Å². The average Bonchev–Trinajstić information content (AvgIpc) is 2.64. The van der Waals surface area contributed by atoms with E-state index in [0.29, 0.717) is 0 Å². The van der Waals surface area contributed by atoms with Crippen molar-refractivity contribution in [1.29, 1.82) is 0 Å². The van der Waals surface area contributed by atoms with Crippen LogP contribution in [0.15, 0.2) is 12.3 Å². The number of nitrogens with zero attached hydrogens (tertiary/aromatic N) is 1. The van der Waals surface area contributed by atoms with Gasteiger partial charge in [0.25, 0.3) is 0 Å². The zero-order valence-corrected chi connectivity index (χ0v) is 9.22. The number of rotatable bonds is 0. The number of pyridine rings is 1. The molecule has 0 atom stereocenters. The Bertz CT molecular complexity index is 260. The SMILES string of the molecule is CC.Cc1cc[n+](C)c2c1CCC2. The number of fused-ring (bicyclic) bond motifs is 1. The normalized spacial score (nSPS) is 13.2. The molecule has 72 valence electrons. The Labute approximate surface area is 81.4 Å². The standard InChI is InChI=1S/C10H14N.C2H6/c1-8-6-7-11(2)10-5-3-4-9(8)10;1-2/h6-7H,3-5H2,1-2H3;1-2H3/q+1;. The van der Waals surface area contributed by atoms with Gasteiger partial charge in [0.2, 0.25) is 0 Å². The van der Waals surface area contributed by atoms with E-state index in [4.69, 9.17) is 0 Å². The molecule has 1 nitrogen and oxygen atoms in total. The average molecular weight is 178 g/mol. The van der Waals surface area contributed by atoms with Gasteiger partial charge >= 0.3 is 0 Å². The first kappa shape index (κ1) is 10.2. The van der Waals surface area contributed by atoms with Crippen molar-refractivity contribution in [1.82, 2.24) is 0 Å². The molecule has 1 aromatic heterocycles. The molecule has 0 aliphatic heterocycles. The third-order valence-corrected chi connectivity index (χ3v) is 2.64. The summed E-state index contributed by atoms with van der Waals surface area (Å²) in [5.74, 6) is 0. The van der Waals surface area contributed by atoms with Crippen LogP contribution in [0, 0.1) is 6.92 Å². The van der Waals surface area contributed by atoms with Gasteiger partial charge in [0.1, 0.15) is 7.05 Å². The molecule has 1 aliphatic rings. The summed E-state index contributed by atoms with van der Waals surface area (Å²) in [5.41, 5.74) is 4.61. The van der Waals surface area contributed by atoms with Crippen molar-refractivity contribution in [2.75, 3.05) is 0 Å². The van der Waals surface area contributed by atoms with Crippen LogP contribution in [0.3, 0.4) is 0 Å². The highest BCUT2D eigenvalue weighted by Crippen LogP contribution is 2.20. The van der Waals surface area contributed by atoms with Gasteiger partial charge in [-0.3, -0.25) is 0 Å². The summed E-state index contributed by atoms with van der Waals surface area (Å²) in [6.45, 7) is 6.21. The van der Waals surface area contributed by atoms with Gasteiger partial charge < -0.3 is 0 Å². The number of aromatic nitrogens is 1. The third-order valence-electron chi connectivity index (χ3n) is 2.64. The van der Waals surface area contributed by atoms with Crippen LogP contribution in [0.25, 0.3) is 0 Å². The second-order valence-corrected chi connectivity index (χ2v) is 3.39. The summed E-state index contributed by atoms with van der Waals surface area (Å²) in [5, 5.41) is 0. The molecule has 0 radical (unpaired) electrons. The van der Waals surface area contributed by atoms with E-state index in [1.165, 1.54) is 24.8 Å². The minimum atomic E-state index is 1.27. The lowest BCUT2D eigenvalue weighted by Crippen LogP contribution is -2.33. The molecule has 13 heavy (non-hydrogen) atoms. The molecule has 1 aliphatic carbocycles. The first-order chi connectivity index (χ1) is 6.29. The van der Waals surface area contributed by atoms with Crippen LogP contribution in [0.2, 0.25) is 0 Å². The predicted molar refractivity (Wildman–Crippen MR) is 55.7 cm³/mol. The highest BCUT2D eigenvalue weighted by Gasteiger charge is 2.20. The van der Waals surface area contributed by atoms with Gasteiger partial charge in [-0.15, -0.1) is 0 Å². The summed E-state index contributed by atoms with van der Waals surface area (Å²) in [4.78, 5) is 0. The van der Waals surface area contributed by atoms with Gasteiger partial charge in [-0.2, -0.15) is 0 Å². The lowest BCUT2D eigenvalue weighted by atomic mass is 10.1. The fraction of sp³-hybridized carbons (Fsp3) is 0.583. The molecular formula is C12H20N+. The molecule has 0 spiro atoms. The quantitative estimate of drug-likeness (QED) is 0.537. The lowest BCUT2D eigenvalue weighted by Gasteiger charge is -1.99. The zero-order chi connectivity index (χ0) is 9.84. The minimum absolute atomic E-state index is 1.27. The van der Waals surface area contributed by atoms with Crippen LogP contribution in [0.1, 0.15) is 37.1 Å². The second kappa shape index (κ2) is 4.40. The van der Waals surface area contributed by atoms with E-state index < -0.39 is 0 Å². The smallest absolute Gasteiger partial charge is 0.184 e. The summed E-state index contributed by atoms with van der Waals surface area (Å²) in [6, 6.07) is 2.21. The molecule has 0 unspecified atom stereocenters. The van der Waals surface area contributed by atoms with E-state index in [1.54, 1.807) is 11.3 Å². The molecule has 0 N–H and O–H groups in total. The van der Waals surface area contributed by atoms with Crippen molar-refractivity contribution in [2.45, 2.75) is 40.0 Å². The number of hydrogen-bond acceptors (Lipinski definition) is 0. The highest BCUT2D eigenvalue weighted by molar-refractivity contribution is 5.29. The van der Waals surface area contributed by atoms with E-state index in [9.17, 15) is 0 Å². The molecule has 0 fully saturated rings. The summed E-state index contributed by atoms with van der Waals surface area (Å²) >= 11 is 0. The van der Waals surface area contributed by atoms with E-state index in [-0.39, 0.29) is 0 Å². The molecule has 0 amide bonds. The van der Waals surface area contributed by atoms with Crippen LogP contribution in [-0.4, -0.2) is 0 Å². The minimum Gasteiger partial charge on any atom is -0.205 e. The Hall–Kier alpha value is -0.850. The van der Waals surface area contributed by atoms with Crippen molar-refractivity contribution >= 4 is 0 Å². The Morgan fingerprint density at radius 2 is 1.92 bits per heavy atom. The summed E-state index contributed by atoms with van der Waals surface area (Å²) in [7, 11) is 2.14. The van der Waals surface area contributed by atoms with Gasteiger partial charge in [0, 0.05) is 18.1 Å². The van der Waals surface area contributed by atoms with E-state index in [1.807, 2.05) is 13.8 Å². The second-order valence-electron chi connectivity index (χ2n) is 3.39. The van der Waals surface area contributed by atoms with Crippen LogP contribution in [-0.2, 0) is 19.9 Å². The fourth-order valence-corrected chi connectivity index (χ4v) is 1.96. The molecule has 1 aromatic rings. The fourth-order valence-electron chi connectivity index (χ4n) is 1.96. The highest BCUT2D eigenvalue weighted by atomic mass is 14.9. The molecule has 0 saturated carbocycles. The first-order valence-electron chi connectivity index (χ1n) is 5.26. The van der Waals surface area contributed by atoms with E-state index >= 15 is 0 Å². The molecule has 1 heterocycles. The Balaban J connectivity index is 0.000000396. The monoisotopic (exact) mass is 178 g/mol. The van der Waals surface area contributed by atoms with E-state index in [0.717, 1.165) is 0 Å². The zero-order valence-electron chi connectivity index (χ0n) is 9.22. The van der Waals surface area contributed by atoms with Crippen molar-refractivity contribution in [3.63, 3.8) is 0 Å². The van der Waals surface area contributed by atoms with Gasteiger partial charge in [-0.05, 0) is 25.3 Å². The number of hydrogen-bond donors (Lipinski definition) is 0. The number of aryl methyl sites for hydroxylation is 2. The third kappa shape index (κ3) is 1.90. The van der Waals surface area contributed by atoms with E-state index in [2.05, 4.69) is 30.8 Å². The van der Waals surface area contributed by atoms with Crippen LogP contribution in [0.5, 0.6) is 0 Å². The van der Waals surface area contributed by atoms with Crippen LogP contribution < -0.4 is 4.57 Å². The topological polar surface area (TPSA) is 3.88 Å². The maximum absolute atomic E-state index is 2.26. The molecule has 0 aromatic carbocycles. The molecular weight excluding hydrogens is 158 g/mol. The van der Waals surface area contributed by atoms with Crippen molar-refractivity contribution in [3.8, 4) is 0 Å². The molecule has 2 rings (SSSR count). The summed E-state index contributed by atoms with van der Waals surface area (Å²) in [6.07, 6.45) is 6.07. The molecule has 0 bridgehead atoms. The van der Waals surface area contributed by atoms with Crippen molar-refractivity contribution < 1.29 is 4.57 Å². The van der Waals surface area contributed by atoms with Crippen molar-refractivity contribution in [3.05, 3.63) is 29.1 Å². The Morgan fingerprint density at radius 1 is 1.23 bits per heavy atom. The molecule has 1 heteroatoms. The Kier molecular flexibility index (Phi) is 3.47. The lowest BCUT2D eigenvalue weighted by molar-refractivity contribution is -0.678. The van der Waals surface area contributed by atoms with Gasteiger partial charge in [0.15, 0.2) is 11.9 Å². The Morgan fingerprint density at radius 3 is 2.54 bits per heavy atom. The van der Waals surface area contributed by atoms with Gasteiger partial charge in [-0.1, -0.05) is 13.8 Å². The van der Waals surface area contributed by atoms with Crippen LogP contribution in [0.4, 0.5) is 0 Å². The largest absolute Gasteiger partial charge is 0.205 e. The van der Waals surface area contributed by atoms with Gasteiger partial charge in [0.05, 0.1) is 0 Å². The summed E-state index contributed by atoms with van der Waals surface area (Å²) < 4.78 is 2.26. The van der Waals surface area contributed by atoms with Crippen molar-refractivity contribution in [2.24, 2.45) is 7.05 Å². The maximum Gasteiger partial charge on any atom is 0.184 e. The van der Waals surface area contributed by atoms with Crippen LogP contribution >= 0.6 is 0 Å². The molecule has 0 saturated heterocycles. The first-order valence-corrected chi connectivity index (χ1v) is 5.26.